The summed E-state index contributed by atoms with van der Waals surface area (Å²) >= 11 is 0. The van der Waals surface area contributed by atoms with Gasteiger partial charge in [0.1, 0.15) is 5.82 Å². The van der Waals surface area contributed by atoms with E-state index in [1.807, 2.05) is 11.6 Å². The molecule has 0 aliphatic carbocycles. The van der Waals surface area contributed by atoms with E-state index in [1.165, 1.54) is 18.4 Å². The number of aromatic nitrogens is 2. The SMILES string of the molecule is CCN1CCCCC1c1nn(-c2cc([N+](=O)[O-])ccc2C)c2c1CCN2. The molecule has 1 N–H and O–H groups in total. The minimum atomic E-state index is -0.346. The van der Waals surface area contributed by atoms with Crippen molar-refractivity contribution in [1.82, 2.24) is 14.7 Å². The third kappa shape index (κ3) is 2.76. The van der Waals surface area contributed by atoms with Crippen LogP contribution in [-0.2, 0) is 6.42 Å². The molecule has 1 fully saturated rings. The van der Waals surface area contributed by atoms with Crippen LogP contribution < -0.4 is 5.32 Å². The van der Waals surface area contributed by atoms with Crippen LogP contribution in [0.25, 0.3) is 5.69 Å². The smallest absolute Gasteiger partial charge is 0.271 e. The summed E-state index contributed by atoms with van der Waals surface area (Å²) in [6.45, 7) is 7.22. The maximum absolute atomic E-state index is 11.2. The van der Waals surface area contributed by atoms with E-state index >= 15 is 0 Å². The van der Waals surface area contributed by atoms with E-state index in [1.54, 1.807) is 18.2 Å². The Balaban J connectivity index is 1.82. The minimum Gasteiger partial charge on any atom is -0.369 e. The Labute approximate surface area is 153 Å². The van der Waals surface area contributed by atoms with Gasteiger partial charge in [-0.3, -0.25) is 15.0 Å². The van der Waals surface area contributed by atoms with E-state index in [9.17, 15) is 10.1 Å². The number of anilines is 1. The second-order valence-electron chi connectivity index (χ2n) is 7.17. The van der Waals surface area contributed by atoms with Gasteiger partial charge in [0.05, 0.1) is 22.3 Å². The predicted octanol–water partition coefficient (Wildman–Crippen LogP) is 3.60. The van der Waals surface area contributed by atoms with Gasteiger partial charge in [0.25, 0.3) is 5.69 Å². The second kappa shape index (κ2) is 6.72. The summed E-state index contributed by atoms with van der Waals surface area (Å²) < 4.78 is 1.89. The Hall–Kier alpha value is -2.41. The van der Waals surface area contributed by atoms with Crippen molar-refractivity contribution in [2.24, 2.45) is 0 Å². The second-order valence-corrected chi connectivity index (χ2v) is 7.17. The number of nitro benzene ring substituents is 1. The number of nitrogens with one attached hydrogen (secondary N) is 1. The van der Waals surface area contributed by atoms with Crippen LogP contribution in [0.15, 0.2) is 18.2 Å². The summed E-state index contributed by atoms with van der Waals surface area (Å²) in [6, 6.07) is 5.33. The molecule has 1 aromatic carbocycles. The molecule has 1 atom stereocenters. The highest BCUT2D eigenvalue weighted by Gasteiger charge is 2.32. The van der Waals surface area contributed by atoms with E-state index in [-0.39, 0.29) is 10.6 Å². The Morgan fingerprint density at radius 3 is 3.00 bits per heavy atom. The largest absolute Gasteiger partial charge is 0.369 e. The highest BCUT2D eigenvalue weighted by atomic mass is 16.6. The Kier molecular flexibility index (Phi) is 4.40. The monoisotopic (exact) mass is 355 g/mol. The first kappa shape index (κ1) is 17.0. The molecule has 0 amide bonds. The Morgan fingerprint density at radius 2 is 2.23 bits per heavy atom. The number of rotatable bonds is 4. The molecule has 1 aromatic heterocycles. The number of benzene rings is 1. The summed E-state index contributed by atoms with van der Waals surface area (Å²) in [4.78, 5) is 13.4. The zero-order valence-corrected chi connectivity index (χ0v) is 15.4. The number of fused-ring (bicyclic) bond motifs is 1. The fourth-order valence-corrected chi connectivity index (χ4v) is 4.26. The van der Waals surface area contributed by atoms with Gasteiger partial charge >= 0.3 is 0 Å². The van der Waals surface area contributed by atoms with Crippen LogP contribution in [0.4, 0.5) is 11.5 Å². The molecule has 2 aromatic rings. The molecule has 0 bridgehead atoms. The van der Waals surface area contributed by atoms with Gasteiger partial charge in [-0.1, -0.05) is 19.4 Å². The third-order valence-corrected chi connectivity index (χ3v) is 5.65. The van der Waals surface area contributed by atoms with Crippen molar-refractivity contribution in [2.75, 3.05) is 25.0 Å². The number of nitro groups is 1. The van der Waals surface area contributed by atoms with Crippen LogP contribution in [0, 0.1) is 17.0 Å². The first-order valence-electron chi connectivity index (χ1n) is 9.45. The molecule has 0 spiro atoms. The number of piperidine rings is 1. The average molecular weight is 355 g/mol. The summed E-state index contributed by atoms with van der Waals surface area (Å²) in [7, 11) is 0. The molecule has 7 nitrogen and oxygen atoms in total. The number of hydrogen-bond donors (Lipinski definition) is 1. The normalized spacial score (nSPS) is 20.0. The maximum Gasteiger partial charge on any atom is 0.271 e. The lowest BCUT2D eigenvalue weighted by atomic mass is 9.96. The molecule has 1 unspecified atom stereocenters. The molecule has 138 valence electrons. The van der Waals surface area contributed by atoms with E-state index in [0.29, 0.717) is 6.04 Å². The molecule has 0 saturated carbocycles. The van der Waals surface area contributed by atoms with Crippen molar-refractivity contribution >= 4 is 11.5 Å². The molecule has 2 aliphatic heterocycles. The third-order valence-electron chi connectivity index (χ3n) is 5.65. The molecule has 26 heavy (non-hydrogen) atoms. The quantitative estimate of drug-likeness (QED) is 0.670. The zero-order chi connectivity index (χ0) is 18.3. The van der Waals surface area contributed by atoms with Crippen molar-refractivity contribution in [3.8, 4) is 5.69 Å². The van der Waals surface area contributed by atoms with E-state index in [2.05, 4.69) is 17.1 Å². The van der Waals surface area contributed by atoms with Crippen molar-refractivity contribution in [3.05, 3.63) is 45.1 Å². The van der Waals surface area contributed by atoms with E-state index in [4.69, 9.17) is 5.10 Å². The average Bonchev–Trinajstić information content (AvgIpc) is 3.24. The highest BCUT2D eigenvalue weighted by Crippen LogP contribution is 2.38. The lowest BCUT2D eigenvalue weighted by molar-refractivity contribution is -0.384. The van der Waals surface area contributed by atoms with Crippen LogP contribution in [-0.4, -0.2) is 39.2 Å². The molecule has 1 saturated heterocycles. The Morgan fingerprint density at radius 1 is 1.38 bits per heavy atom. The standard InChI is InChI=1S/C19H25N5O2/c1-3-22-11-5-4-6-16(22)18-15-9-10-20-19(15)23(21-18)17-12-14(24(25)26)8-7-13(17)2/h7-8,12,16,20H,3-6,9-11H2,1-2H3. The molecule has 2 aliphatic rings. The first-order chi connectivity index (χ1) is 12.6. The summed E-state index contributed by atoms with van der Waals surface area (Å²) in [5, 5.41) is 19.6. The molecular formula is C19H25N5O2. The zero-order valence-electron chi connectivity index (χ0n) is 15.4. The van der Waals surface area contributed by atoms with Crippen molar-refractivity contribution in [1.29, 1.82) is 0 Å². The topological polar surface area (TPSA) is 76.2 Å². The number of likely N-dealkylation sites (tertiary alicyclic amines) is 1. The van der Waals surface area contributed by atoms with Crippen LogP contribution >= 0.6 is 0 Å². The number of hydrogen-bond acceptors (Lipinski definition) is 5. The number of nitrogens with zero attached hydrogens (tertiary/aromatic N) is 4. The molecular weight excluding hydrogens is 330 g/mol. The minimum absolute atomic E-state index is 0.0993. The summed E-state index contributed by atoms with van der Waals surface area (Å²) in [5.74, 6) is 1.00. The van der Waals surface area contributed by atoms with Gasteiger partial charge in [0.2, 0.25) is 0 Å². The van der Waals surface area contributed by atoms with Crippen molar-refractivity contribution < 1.29 is 4.92 Å². The van der Waals surface area contributed by atoms with Crippen molar-refractivity contribution in [2.45, 2.75) is 45.6 Å². The summed E-state index contributed by atoms with van der Waals surface area (Å²) in [5.41, 5.74) is 4.30. The van der Waals surface area contributed by atoms with Crippen LogP contribution in [0.3, 0.4) is 0 Å². The first-order valence-corrected chi connectivity index (χ1v) is 9.45. The van der Waals surface area contributed by atoms with Crippen LogP contribution in [0.5, 0.6) is 0 Å². The van der Waals surface area contributed by atoms with Gasteiger partial charge in [0.15, 0.2) is 0 Å². The van der Waals surface area contributed by atoms with Gasteiger partial charge in [-0.15, -0.1) is 0 Å². The lowest BCUT2D eigenvalue weighted by Crippen LogP contribution is -2.34. The summed E-state index contributed by atoms with van der Waals surface area (Å²) in [6.07, 6.45) is 4.57. The lowest BCUT2D eigenvalue weighted by Gasteiger charge is -2.34. The van der Waals surface area contributed by atoms with Gasteiger partial charge < -0.3 is 5.32 Å². The fourth-order valence-electron chi connectivity index (χ4n) is 4.26. The van der Waals surface area contributed by atoms with Gasteiger partial charge in [-0.2, -0.15) is 5.10 Å². The predicted molar refractivity (Wildman–Crippen MR) is 101 cm³/mol. The molecule has 4 rings (SSSR count). The van der Waals surface area contributed by atoms with Gasteiger partial charge in [0, 0.05) is 24.2 Å². The maximum atomic E-state index is 11.2. The number of aryl methyl sites for hydroxylation is 1. The van der Waals surface area contributed by atoms with Gasteiger partial charge in [-0.25, -0.2) is 4.68 Å². The van der Waals surface area contributed by atoms with E-state index < -0.39 is 0 Å². The molecule has 0 radical (unpaired) electrons. The van der Waals surface area contributed by atoms with Gasteiger partial charge in [-0.05, 0) is 44.8 Å². The number of non-ortho nitro benzene ring substituents is 1. The molecule has 7 heteroatoms. The van der Waals surface area contributed by atoms with Crippen molar-refractivity contribution in [3.63, 3.8) is 0 Å². The van der Waals surface area contributed by atoms with Crippen LogP contribution in [0.2, 0.25) is 0 Å². The van der Waals surface area contributed by atoms with E-state index in [0.717, 1.165) is 55.2 Å². The fraction of sp³-hybridized carbons (Fsp3) is 0.526. The molecule has 3 heterocycles. The van der Waals surface area contributed by atoms with Crippen LogP contribution in [0.1, 0.15) is 49.0 Å². The Bertz CT molecular complexity index is 845. The highest BCUT2D eigenvalue weighted by molar-refractivity contribution is 5.60.